The number of rotatable bonds is 0. The lowest BCUT2D eigenvalue weighted by molar-refractivity contribution is -0.110. The summed E-state index contributed by atoms with van der Waals surface area (Å²) in [4.78, 5) is 11.6. The molecular weight excluding hydrogens is 260 g/mol. The van der Waals surface area contributed by atoms with Gasteiger partial charge in [0.15, 0.2) is 5.78 Å². The molecule has 4 aliphatic rings. The molecule has 4 rings (SSSR count). The van der Waals surface area contributed by atoms with Crippen molar-refractivity contribution in [1.82, 2.24) is 0 Å². The average Bonchev–Trinajstić information content (AvgIpc) is 2.48. The zero-order chi connectivity index (χ0) is 14.6. The van der Waals surface area contributed by atoms with E-state index in [2.05, 4.69) is 25.2 Å². The van der Waals surface area contributed by atoms with Crippen LogP contribution in [0.15, 0.2) is 36.0 Å². The summed E-state index contributed by atoms with van der Waals surface area (Å²) in [6, 6.07) is 0. The Labute approximate surface area is 126 Å². The lowest BCUT2D eigenvalue weighted by Gasteiger charge is -2.56. The number of fused-ring (bicyclic) bond motifs is 5. The molecule has 0 bridgehead atoms. The quantitative estimate of drug-likeness (QED) is 0.692. The lowest BCUT2D eigenvalue weighted by atomic mass is 9.49. The molecular formula is C19H24O2. The number of carbonyl (C=O) groups is 1. The van der Waals surface area contributed by atoms with Crippen LogP contribution in [0.2, 0.25) is 0 Å². The molecule has 2 nitrogen and oxygen atoms in total. The van der Waals surface area contributed by atoms with Gasteiger partial charge in [0.2, 0.25) is 0 Å². The Morgan fingerprint density at radius 2 is 2.10 bits per heavy atom. The molecule has 2 heteroatoms. The van der Waals surface area contributed by atoms with E-state index < -0.39 is 0 Å². The maximum Gasteiger partial charge on any atom is 0.178 e. The van der Waals surface area contributed by atoms with E-state index in [0.29, 0.717) is 23.7 Å². The SMILES string of the molecule is C[C@]12CC[C@H]3[C@@H](CCC4=CC(=O)C=C[C@@H]43)[C@@H]1C=CC[C@@H]2O. The second-order valence-corrected chi connectivity index (χ2v) is 7.62. The second-order valence-electron chi connectivity index (χ2n) is 7.62. The third kappa shape index (κ3) is 1.92. The summed E-state index contributed by atoms with van der Waals surface area (Å²) in [5, 5.41) is 10.5. The molecule has 2 saturated carbocycles. The maximum atomic E-state index is 11.6. The fourth-order valence-electron chi connectivity index (χ4n) is 5.47. The minimum Gasteiger partial charge on any atom is -0.392 e. The topological polar surface area (TPSA) is 37.3 Å². The molecule has 1 N–H and O–H groups in total. The summed E-state index contributed by atoms with van der Waals surface area (Å²) in [6.07, 6.45) is 15.5. The van der Waals surface area contributed by atoms with Crippen molar-refractivity contribution in [2.75, 3.05) is 0 Å². The van der Waals surface area contributed by atoms with E-state index in [1.54, 1.807) is 6.08 Å². The van der Waals surface area contributed by atoms with Gasteiger partial charge in [-0.25, -0.2) is 0 Å². The van der Waals surface area contributed by atoms with Crippen molar-refractivity contribution in [1.29, 1.82) is 0 Å². The molecule has 112 valence electrons. The molecule has 0 spiro atoms. The maximum absolute atomic E-state index is 11.6. The van der Waals surface area contributed by atoms with Crippen LogP contribution >= 0.6 is 0 Å². The van der Waals surface area contributed by atoms with E-state index in [0.717, 1.165) is 19.3 Å². The van der Waals surface area contributed by atoms with Crippen LogP contribution in [0.3, 0.4) is 0 Å². The van der Waals surface area contributed by atoms with E-state index >= 15 is 0 Å². The number of ketones is 1. The van der Waals surface area contributed by atoms with Gasteiger partial charge in [0, 0.05) is 11.3 Å². The Morgan fingerprint density at radius 3 is 2.95 bits per heavy atom. The number of hydrogen-bond donors (Lipinski definition) is 1. The molecule has 0 radical (unpaired) electrons. The van der Waals surface area contributed by atoms with Crippen LogP contribution in [0.25, 0.3) is 0 Å². The summed E-state index contributed by atoms with van der Waals surface area (Å²) in [5.74, 6) is 2.46. The predicted molar refractivity (Wildman–Crippen MR) is 82.5 cm³/mol. The first kappa shape index (κ1) is 13.5. The van der Waals surface area contributed by atoms with Gasteiger partial charge in [-0.15, -0.1) is 0 Å². The molecule has 0 amide bonds. The number of allylic oxidation sites excluding steroid dienone is 5. The molecule has 0 aromatic rings. The highest BCUT2D eigenvalue weighted by Crippen LogP contribution is 2.58. The Hall–Kier alpha value is -1.15. The van der Waals surface area contributed by atoms with Gasteiger partial charge in [-0.05, 0) is 62.0 Å². The van der Waals surface area contributed by atoms with Crippen LogP contribution in [-0.4, -0.2) is 17.0 Å². The smallest absolute Gasteiger partial charge is 0.178 e. The standard InChI is InChI=1S/C19H24O2/c1-19-10-9-15-14-8-6-13(20)11-12(14)5-7-16(15)17(19)3-2-4-18(19)21/h2-3,6,8,11,14-18,21H,4-5,7,9-10H2,1H3/t14-,15+,16+,17-,18-,19-/m0/s1. The number of aliphatic hydroxyl groups excluding tert-OH is 1. The van der Waals surface area contributed by atoms with Gasteiger partial charge in [0.05, 0.1) is 6.10 Å². The van der Waals surface area contributed by atoms with Crippen molar-refractivity contribution < 1.29 is 9.90 Å². The molecule has 0 saturated heterocycles. The molecule has 0 aromatic carbocycles. The van der Waals surface area contributed by atoms with Gasteiger partial charge in [-0.2, -0.15) is 0 Å². The first-order valence-electron chi connectivity index (χ1n) is 8.37. The van der Waals surface area contributed by atoms with E-state index in [9.17, 15) is 9.90 Å². The minimum atomic E-state index is -0.186. The zero-order valence-electron chi connectivity index (χ0n) is 12.7. The molecule has 4 aliphatic carbocycles. The van der Waals surface area contributed by atoms with Crippen LogP contribution in [0.1, 0.15) is 39.0 Å². The van der Waals surface area contributed by atoms with Crippen molar-refractivity contribution in [2.24, 2.45) is 29.1 Å². The monoisotopic (exact) mass is 284 g/mol. The molecule has 21 heavy (non-hydrogen) atoms. The number of hydrogen-bond acceptors (Lipinski definition) is 2. The fourth-order valence-corrected chi connectivity index (χ4v) is 5.47. The Morgan fingerprint density at radius 1 is 1.24 bits per heavy atom. The van der Waals surface area contributed by atoms with E-state index in [4.69, 9.17) is 0 Å². The Balaban J connectivity index is 1.67. The van der Waals surface area contributed by atoms with Crippen molar-refractivity contribution in [3.63, 3.8) is 0 Å². The molecule has 0 unspecified atom stereocenters. The van der Waals surface area contributed by atoms with Gasteiger partial charge < -0.3 is 5.11 Å². The van der Waals surface area contributed by atoms with Gasteiger partial charge in [0.1, 0.15) is 0 Å². The van der Waals surface area contributed by atoms with Gasteiger partial charge in [-0.1, -0.05) is 30.7 Å². The predicted octanol–water partition coefficient (Wildman–Crippen LogP) is 3.43. The normalized spacial score (nSPS) is 48.2. The van der Waals surface area contributed by atoms with Crippen molar-refractivity contribution >= 4 is 5.78 Å². The third-order valence-electron chi connectivity index (χ3n) is 6.70. The molecule has 0 heterocycles. The second kappa shape index (κ2) is 4.67. The summed E-state index contributed by atoms with van der Waals surface area (Å²) in [6.45, 7) is 2.29. The highest BCUT2D eigenvalue weighted by molar-refractivity contribution is 6.00. The van der Waals surface area contributed by atoms with Crippen LogP contribution in [0.5, 0.6) is 0 Å². The molecule has 2 fully saturated rings. The van der Waals surface area contributed by atoms with E-state index in [1.165, 1.54) is 18.4 Å². The lowest BCUT2D eigenvalue weighted by Crippen LogP contribution is -2.51. The molecule has 6 atom stereocenters. The zero-order valence-corrected chi connectivity index (χ0v) is 12.7. The van der Waals surface area contributed by atoms with E-state index in [1.807, 2.05) is 6.08 Å². The van der Waals surface area contributed by atoms with Crippen molar-refractivity contribution in [3.05, 3.63) is 36.0 Å². The van der Waals surface area contributed by atoms with Crippen molar-refractivity contribution in [3.8, 4) is 0 Å². The first-order chi connectivity index (χ1) is 10.1. The fraction of sp³-hybridized carbons (Fsp3) is 0.632. The molecule has 0 aliphatic heterocycles. The van der Waals surface area contributed by atoms with Crippen LogP contribution in [0, 0.1) is 29.1 Å². The Bertz CT molecular complexity index is 556. The average molecular weight is 284 g/mol. The number of aliphatic hydroxyl groups is 1. The van der Waals surface area contributed by atoms with Crippen LogP contribution in [0.4, 0.5) is 0 Å². The highest BCUT2D eigenvalue weighted by Gasteiger charge is 2.52. The molecule has 0 aromatic heterocycles. The minimum absolute atomic E-state index is 0.0608. The van der Waals surface area contributed by atoms with Gasteiger partial charge in [-0.3, -0.25) is 4.79 Å². The summed E-state index contributed by atoms with van der Waals surface area (Å²) >= 11 is 0. The summed E-state index contributed by atoms with van der Waals surface area (Å²) in [5.41, 5.74) is 1.42. The Kier molecular flexibility index (Phi) is 3.01. The van der Waals surface area contributed by atoms with Crippen LogP contribution in [-0.2, 0) is 4.79 Å². The summed E-state index contributed by atoms with van der Waals surface area (Å²) in [7, 11) is 0. The van der Waals surface area contributed by atoms with Gasteiger partial charge in [0.25, 0.3) is 0 Å². The van der Waals surface area contributed by atoms with Gasteiger partial charge >= 0.3 is 0 Å². The van der Waals surface area contributed by atoms with Crippen LogP contribution < -0.4 is 0 Å². The van der Waals surface area contributed by atoms with Crippen molar-refractivity contribution in [2.45, 2.75) is 45.1 Å². The highest BCUT2D eigenvalue weighted by atomic mass is 16.3. The first-order valence-corrected chi connectivity index (χ1v) is 8.37. The largest absolute Gasteiger partial charge is 0.392 e. The summed E-state index contributed by atoms with van der Waals surface area (Å²) < 4.78 is 0. The van der Waals surface area contributed by atoms with E-state index in [-0.39, 0.29) is 17.3 Å². The third-order valence-corrected chi connectivity index (χ3v) is 6.70. The number of carbonyl (C=O) groups excluding carboxylic acids is 1.